The van der Waals surface area contributed by atoms with Crippen molar-refractivity contribution >= 4 is 21.6 Å². The van der Waals surface area contributed by atoms with Gasteiger partial charge >= 0.3 is 0 Å². The maximum absolute atomic E-state index is 3.73. The summed E-state index contributed by atoms with van der Waals surface area (Å²) in [4.78, 5) is 0. The summed E-state index contributed by atoms with van der Waals surface area (Å²) in [6, 6.07) is 9.17. The molecule has 2 fully saturated rings. The van der Waals surface area contributed by atoms with E-state index in [0.717, 1.165) is 11.8 Å². The van der Waals surface area contributed by atoms with Gasteiger partial charge < -0.3 is 5.32 Å². The molecular weight excluding hydrogens is 274 g/mol. The first-order chi connectivity index (χ1) is 8.31. The normalized spacial score (nSPS) is 32.2. The molecule has 3 rings (SSSR count). The zero-order chi connectivity index (χ0) is 11.7. The fraction of sp³-hybridized carbons (Fsp3) is 0.600. The number of rotatable bonds is 2. The summed E-state index contributed by atoms with van der Waals surface area (Å²) in [7, 11) is 0. The summed E-state index contributed by atoms with van der Waals surface area (Å²) in [6.07, 6.45) is 8.64. The van der Waals surface area contributed by atoms with E-state index in [1.54, 1.807) is 0 Å². The van der Waals surface area contributed by atoms with E-state index in [1.807, 2.05) is 0 Å². The van der Waals surface area contributed by atoms with Crippen LogP contribution >= 0.6 is 15.9 Å². The number of para-hydroxylation sites is 1. The Labute approximate surface area is 112 Å². The van der Waals surface area contributed by atoms with Gasteiger partial charge in [-0.3, -0.25) is 0 Å². The largest absolute Gasteiger partial charge is 0.381 e. The van der Waals surface area contributed by atoms with E-state index in [-0.39, 0.29) is 0 Å². The summed E-state index contributed by atoms with van der Waals surface area (Å²) >= 11 is 3.62. The van der Waals surface area contributed by atoms with Crippen LogP contribution in [0.15, 0.2) is 28.7 Å². The molecule has 2 atom stereocenters. The highest BCUT2D eigenvalue weighted by Crippen LogP contribution is 2.41. The zero-order valence-corrected chi connectivity index (χ0v) is 11.7. The third-order valence-corrected chi connectivity index (χ3v) is 5.05. The van der Waals surface area contributed by atoms with Gasteiger partial charge in [0, 0.05) is 16.2 Å². The van der Waals surface area contributed by atoms with Crippen molar-refractivity contribution in [2.75, 3.05) is 5.32 Å². The Morgan fingerprint density at radius 2 is 1.71 bits per heavy atom. The number of hydrogen-bond acceptors (Lipinski definition) is 1. The van der Waals surface area contributed by atoms with Gasteiger partial charge in [-0.05, 0) is 59.2 Å². The van der Waals surface area contributed by atoms with Crippen LogP contribution in [0.3, 0.4) is 0 Å². The summed E-state index contributed by atoms with van der Waals surface area (Å²) in [6.45, 7) is 0. The summed E-state index contributed by atoms with van der Waals surface area (Å²) in [5.41, 5.74) is 1.26. The second-order valence-corrected chi connectivity index (χ2v) is 6.55. The van der Waals surface area contributed by atoms with Crippen LogP contribution in [-0.2, 0) is 0 Å². The van der Waals surface area contributed by atoms with Gasteiger partial charge in [-0.25, -0.2) is 0 Å². The molecule has 92 valence electrons. The maximum atomic E-state index is 3.73. The van der Waals surface area contributed by atoms with Crippen molar-refractivity contribution in [3.8, 4) is 0 Å². The van der Waals surface area contributed by atoms with E-state index >= 15 is 0 Å². The summed E-state index contributed by atoms with van der Waals surface area (Å²) in [5.74, 6) is 1.98. The highest BCUT2D eigenvalue weighted by atomic mass is 79.9. The average molecular weight is 294 g/mol. The predicted molar refractivity (Wildman–Crippen MR) is 76.2 cm³/mol. The van der Waals surface area contributed by atoms with Gasteiger partial charge in [-0.1, -0.05) is 31.4 Å². The second kappa shape index (κ2) is 5.01. The molecular formula is C15H20BrN. The Bertz CT molecular complexity index is 378. The summed E-state index contributed by atoms with van der Waals surface area (Å²) < 4.78 is 1.19. The lowest BCUT2D eigenvalue weighted by molar-refractivity contribution is 0.178. The molecule has 0 amide bonds. The minimum absolute atomic E-state index is 0.692. The van der Waals surface area contributed by atoms with Crippen molar-refractivity contribution in [1.82, 2.24) is 0 Å². The SMILES string of the molecule is Brc1ccccc1NC1CC2CCCC(C2)C1. The molecule has 2 saturated carbocycles. The summed E-state index contributed by atoms with van der Waals surface area (Å²) in [5, 5.41) is 3.73. The van der Waals surface area contributed by atoms with Crippen LogP contribution in [0.4, 0.5) is 5.69 Å². The van der Waals surface area contributed by atoms with Gasteiger partial charge in [0.25, 0.3) is 0 Å². The molecule has 0 saturated heterocycles. The third kappa shape index (κ3) is 2.67. The van der Waals surface area contributed by atoms with E-state index in [4.69, 9.17) is 0 Å². The van der Waals surface area contributed by atoms with E-state index in [9.17, 15) is 0 Å². The molecule has 1 nitrogen and oxygen atoms in total. The average Bonchev–Trinajstić information content (AvgIpc) is 2.32. The Morgan fingerprint density at radius 1 is 1.00 bits per heavy atom. The fourth-order valence-electron chi connectivity index (χ4n) is 3.65. The molecule has 0 spiro atoms. The Balaban J connectivity index is 1.68. The number of benzene rings is 1. The van der Waals surface area contributed by atoms with Crippen LogP contribution in [0.5, 0.6) is 0 Å². The second-order valence-electron chi connectivity index (χ2n) is 5.69. The van der Waals surface area contributed by atoms with E-state index in [0.29, 0.717) is 6.04 Å². The first kappa shape index (κ1) is 11.6. The monoisotopic (exact) mass is 293 g/mol. The molecule has 0 radical (unpaired) electrons. The van der Waals surface area contributed by atoms with E-state index in [2.05, 4.69) is 45.5 Å². The van der Waals surface area contributed by atoms with Gasteiger partial charge in [-0.15, -0.1) is 0 Å². The van der Waals surface area contributed by atoms with Crippen molar-refractivity contribution in [1.29, 1.82) is 0 Å². The van der Waals surface area contributed by atoms with Gasteiger partial charge in [0.2, 0.25) is 0 Å². The highest BCUT2D eigenvalue weighted by Gasteiger charge is 2.31. The van der Waals surface area contributed by atoms with Crippen LogP contribution in [0.1, 0.15) is 38.5 Å². The Morgan fingerprint density at radius 3 is 2.41 bits per heavy atom. The number of fused-ring (bicyclic) bond motifs is 2. The number of hydrogen-bond donors (Lipinski definition) is 1. The van der Waals surface area contributed by atoms with Crippen LogP contribution in [-0.4, -0.2) is 6.04 Å². The van der Waals surface area contributed by atoms with Crippen molar-refractivity contribution in [2.24, 2.45) is 11.8 Å². The lowest BCUT2D eigenvalue weighted by atomic mass is 9.70. The maximum Gasteiger partial charge on any atom is 0.0486 e. The van der Waals surface area contributed by atoms with E-state index in [1.165, 1.54) is 48.7 Å². The standard InChI is InChI=1S/C15H20BrN/c16-14-6-1-2-7-15(14)17-13-9-11-4-3-5-12(8-11)10-13/h1-2,6-7,11-13,17H,3-5,8-10H2. The minimum Gasteiger partial charge on any atom is -0.381 e. The molecule has 2 bridgehead atoms. The first-order valence-corrected chi connectivity index (χ1v) is 7.61. The van der Waals surface area contributed by atoms with Crippen molar-refractivity contribution in [3.63, 3.8) is 0 Å². The van der Waals surface area contributed by atoms with Gasteiger partial charge in [0.05, 0.1) is 0 Å². The zero-order valence-electron chi connectivity index (χ0n) is 10.2. The highest BCUT2D eigenvalue weighted by molar-refractivity contribution is 9.10. The lowest BCUT2D eigenvalue weighted by Gasteiger charge is -2.39. The molecule has 0 aliphatic heterocycles. The molecule has 1 N–H and O–H groups in total. The van der Waals surface area contributed by atoms with Crippen LogP contribution < -0.4 is 5.32 Å². The van der Waals surface area contributed by atoms with Crippen LogP contribution in [0.2, 0.25) is 0 Å². The molecule has 1 aromatic rings. The van der Waals surface area contributed by atoms with Crippen molar-refractivity contribution < 1.29 is 0 Å². The molecule has 1 aromatic carbocycles. The number of anilines is 1. The Hall–Kier alpha value is -0.500. The predicted octanol–water partition coefficient (Wildman–Crippen LogP) is 4.83. The smallest absolute Gasteiger partial charge is 0.0486 e. The molecule has 2 aliphatic rings. The third-order valence-electron chi connectivity index (χ3n) is 4.36. The lowest BCUT2D eigenvalue weighted by Crippen LogP contribution is -2.34. The molecule has 17 heavy (non-hydrogen) atoms. The number of nitrogens with one attached hydrogen (secondary N) is 1. The van der Waals surface area contributed by atoms with Gasteiger partial charge in [0.15, 0.2) is 0 Å². The molecule has 0 heterocycles. The number of halogens is 1. The quantitative estimate of drug-likeness (QED) is 0.823. The Kier molecular flexibility index (Phi) is 3.41. The fourth-order valence-corrected chi connectivity index (χ4v) is 4.05. The molecule has 0 aromatic heterocycles. The molecule has 2 unspecified atom stereocenters. The first-order valence-electron chi connectivity index (χ1n) is 6.82. The van der Waals surface area contributed by atoms with Crippen molar-refractivity contribution in [3.05, 3.63) is 28.7 Å². The minimum atomic E-state index is 0.692. The van der Waals surface area contributed by atoms with Crippen molar-refractivity contribution in [2.45, 2.75) is 44.6 Å². The van der Waals surface area contributed by atoms with Crippen LogP contribution in [0.25, 0.3) is 0 Å². The molecule has 2 aliphatic carbocycles. The molecule has 2 heteroatoms. The van der Waals surface area contributed by atoms with Gasteiger partial charge in [-0.2, -0.15) is 0 Å². The van der Waals surface area contributed by atoms with Gasteiger partial charge in [0.1, 0.15) is 0 Å². The van der Waals surface area contributed by atoms with E-state index < -0.39 is 0 Å². The topological polar surface area (TPSA) is 12.0 Å². The van der Waals surface area contributed by atoms with Crippen LogP contribution in [0, 0.1) is 11.8 Å².